The van der Waals surface area contributed by atoms with Crippen molar-refractivity contribution in [3.8, 4) is 39.4 Å². The van der Waals surface area contributed by atoms with E-state index in [4.69, 9.17) is 9.97 Å². The summed E-state index contributed by atoms with van der Waals surface area (Å²) in [5.41, 5.74) is 10.5. The number of aromatic hydroxyl groups is 1. The molecule has 0 aliphatic heterocycles. The molecule has 0 saturated heterocycles. The molecular weight excluding hydrogens is 715 g/mol. The van der Waals surface area contributed by atoms with Gasteiger partial charge in [-0.3, -0.25) is 4.90 Å². The largest absolute Gasteiger partial charge is 0.507 e. The Kier molecular flexibility index (Phi) is 9.56. The van der Waals surface area contributed by atoms with Gasteiger partial charge in [0.15, 0.2) is 0 Å². The monoisotopic (exact) mass is 765 g/mol. The molecule has 3 aromatic heterocycles. The first-order valence-electron chi connectivity index (χ1n) is 19.8. The zero-order chi connectivity index (χ0) is 40.3. The third-order valence-corrected chi connectivity index (χ3v) is 12.0. The number of aromatic nitrogens is 2. The van der Waals surface area contributed by atoms with E-state index >= 15 is 0 Å². The van der Waals surface area contributed by atoms with Gasteiger partial charge in [0.1, 0.15) is 11.6 Å². The fraction of sp³-hybridized carbons (Fsp3) is 0.231. The summed E-state index contributed by atoms with van der Waals surface area (Å²) in [6, 6.07) is 47.3. The van der Waals surface area contributed by atoms with E-state index in [1.807, 2.05) is 24.4 Å². The standard InChI is InChI=1S/C52H51N3OS/c1-50(2,3)36-27-35(28-39(29-36)55(46-21-15-16-26-53-46)38-24-22-34(23-25-38)33-17-11-10-12-18-33)44-32-41-40-19-13-14-20-45(40)57-49(41)47(54-44)42-30-37(51(4,5)6)31-43(48(42)56)52(7,8)9/h10-32,56H,1-9H3. The molecule has 0 amide bonds. The molecule has 0 spiro atoms. The number of hydrogen-bond acceptors (Lipinski definition) is 5. The number of nitrogens with zero attached hydrogens (tertiary/aromatic N) is 3. The molecule has 1 N–H and O–H groups in total. The van der Waals surface area contributed by atoms with Crippen LogP contribution in [0.15, 0.2) is 140 Å². The zero-order valence-electron chi connectivity index (χ0n) is 34.5. The Labute approximate surface area is 341 Å². The summed E-state index contributed by atoms with van der Waals surface area (Å²) in [6.45, 7) is 20.0. The summed E-state index contributed by atoms with van der Waals surface area (Å²) >= 11 is 1.74. The third-order valence-electron chi connectivity index (χ3n) is 10.9. The van der Waals surface area contributed by atoms with Gasteiger partial charge in [-0.25, -0.2) is 9.97 Å². The van der Waals surface area contributed by atoms with E-state index in [9.17, 15) is 5.11 Å². The zero-order valence-corrected chi connectivity index (χ0v) is 35.3. The van der Waals surface area contributed by atoms with Crippen LogP contribution in [0.4, 0.5) is 17.2 Å². The molecule has 0 bridgehead atoms. The highest BCUT2D eigenvalue weighted by molar-refractivity contribution is 7.26. The second kappa shape index (κ2) is 14.3. The third kappa shape index (κ3) is 7.45. The Hall–Kier alpha value is -5.78. The molecule has 3 heterocycles. The van der Waals surface area contributed by atoms with Gasteiger partial charge in [0.25, 0.3) is 0 Å². The van der Waals surface area contributed by atoms with Crippen LogP contribution in [0.1, 0.15) is 79.0 Å². The molecule has 0 fully saturated rings. The summed E-state index contributed by atoms with van der Waals surface area (Å²) in [4.78, 5) is 12.7. The topological polar surface area (TPSA) is 49.3 Å². The molecule has 0 unspecified atom stereocenters. The SMILES string of the molecule is CC(C)(C)c1cc(-c2cc3c(sc4ccccc43)c(-c3cc(C(C)(C)C)cc(C(C)(C)C)c3O)n2)cc(N(c2ccc(-c3ccccc3)cc2)c2ccccn2)c1. The highest BCUT2D eigenvalue weighted by Gasteiger charge is 2.28. The van der Waals surface area contributed by atoms with Crippen molar-refractivity contribution in [2.45, 2.75) is 78.6 Å². The van der Waals surface area contributed by atoms with Gasteiger partial charge in [-0.1, -0.05) is 135 Å². The Balaban J connectivity index is 1.39. The van der Waals surface area contributed by atoms with Crippen molar-refractivity contribution < 1.29 is 5.11 Å². The summed E-state index contributed by atoms with van der Waals surface area (Å²) < 4.78 is 2.27. The predicted octanol–water partition coefficient (Wildman–Crippen LogP) is 14.9. The summed E-state index contributed by atoms with van der Waals surface area (Å²) in [5, 5.41) is 14.5. The predicted molar refractivity (Wildman–Crippen MR) is 244 cm³/mol. The molecular formula is C52H51N3OS. The van der Waals surface area contributed by atoms with Crippen LogP contribution in [0.5, 0.6) is 5.75 Å². The summed E-state index contributed by atoms with van der Waals surface area (Å²) in [7, 11) is 0. The highest BCUT2D eigenvalue weighted by atomic mass is 32.1. The molecule has 286 valence electrons. The van der Waals surface area contributed by atoms with Crippen LogP contribution in [-0.2, 0) is 16.2 Å². The molecule has 0 saturated carbocycles. The minimum Gasteiger partial charge on any atom is -0.507 e. The van der Waals surface area contributed by atoms with Gasteiger partial charge < -0.3 is 5.11 Å². The molecule has 8 rings (SSSR count). The molecule has 8 aromatic rings. The van der Waals surface area contributed by atoms with E-state index in [-0.39, 0.29) is 16.2 Å². The number of benzene rings is 5. The van der Waals surface area contributed by atoms with Gasteiger partial charge in [0, 0.05) is 49.7 Å². The minimum absolute atomic E-state index is 0.135. The summed E-state index contributed by atoms with van der Waals surface area (Å²) in [6.07, 6.45) is 1.85. The van der Waals surface area contributed by atoms with Gasteiger partial charge in [-0.2, -0.15) is 0 Å². The van der Waals surface area contributed by atoms with Crippen LogP contribution in [0, 0.1) is 0 Å². The maximum Gasteiger partial charge on any atom is 0.137 e. The van der Waals surface area contributed by atoms with Crippen molar-refractivity contribution in [1.82, 2.24) is 9.97 Å². The average Bonchev–Trinajstić information content (AvgIpc) is 3.56. The first kappa shape index (κ1) is 38.1. The van der Waals surface area contributed by atoms with E-state index in [0.29, 0.717) is 5.75 Å². The van der Waals surface area contributed by atoms with Gasteiger partial charge in [0.2, 0.25) is 0 Å². The molecule has 0 radical (unpaired) electrons. The van der Waals surface area contributed by atoms with E-state index in [0.717, 1.165) is 60.9 Å². The number of anilines is 3. The van der Waals surface area contributed by atoms with Crippen molar-refractivity contribution in [2.24, 2.45) is 0 Å². The van der Waals surface area contributed by atoms with Gasteiger partial charge in [-0.15, -0.1) is 11.3 Å². The summed E-state index contributed by atoms with van der Waals surface area (Å²) in [5.74, 6) is 1.12. The first-order valence-corrected chi connectivity index (χ1v) is 20.6. The van der Waals surface area contributed by atoms with Gasteiger partial charge >= 0.3 is 0 Å². The normalized spacial score (nSPS) is 12.4. The van der Waals surface area contributed by atoms with Crippen LogP contribution >= 0.6 is 11.3 Å². The van der Waals surface area contributed by atoms with Crippen molar-refractivity contribution in [2.75, 3.05) is 4.90 Å². The second-order valence-electron chi connectivity index (χ2n) is 18.2. The van der Waals surface area contributed by atoms with Crippen molar-refractivity contribution in [3.05, 3.63) is 156 Å². The number of rotatable bonds is 6. The molecule has 5 heteroatoms. The van der Waals surface area contributed by atoms with Crippen molar-refractivity contribution in [3.63, 3.8) is 0 Å². The van der Waals surface area contributed by atoms with E-state index in [2.05, 4.69) is 182 Å². The lowest BCUT2D eigenvalue weighted by Crippen LogP contribution is -2.17. The van der Waals surface area contributed by atoms with Crippen LogP contribution in [0.25, 0.3) is 53.8 Å². The fourth-order valence-corrected chi connectivity index (χ4v) is 8.71. The van der Waals surface area contributed by atoms with E-state index in [1.165, 1.54) is 26.8 Å². The minimum atomic E-state index is -0.277. The molecule has 57 heavy (non-hydrogen) atoms. The Morgan fingerprint density at radius 3 is 1.86 bits per heavy atom. The molecule has 0 atom stereocenters. The first-order chi connectivity index (χ1) is 27.1. The molecule has 5 aromatic carbocycles. The number of hydrogen-bond donors (Lipinski definition) is 1. The molecule has 0 aliphatic carbocycles. The van der Waals surface area contributed by atoms with Crippen LogP contribution in [0.2, 0.25) is 0 Å². The van der Waals surface area contributed by atoms with E-state index in [1.54, 1.807) is 11.3 Å². The average molecular weight is 766 g/mol. The van der Waals surface area contributed by atoms with Gasteiger partial charge in [-0.05, 0) is 99.2 Å². The van der Waals surface area contributed by atoms with Crippen LogP contribution < -0.4 is 4.90 Å². The van der Waals surface area contributed by atoms with Crippen LogP contribution in [0.3, 0.4) is 0 Å². The van der Waals surface area contributed by atoms with Crippen LogP contribution in [-0.4, -0.2) is 15.1 Å². The quantitative estimate of drug-likeness (QED) is 0.183. The van der Waals surface area contributed by atoms with Gasteiger partial charge in [0.05, 0.1) is 16.1 Å². The number of fused-ring (bicyclic) bond motifs is 3. The Morgan fingerprint density at radius 2 is 1.19 bits per heavy atom. The molecule has 4 nitrogen and oxygen atoms in total. The number of phenolic OH excluding ortho intramolecular Hbond substituents is 1. The second-order valence-corrected chi connectivity index (χ2v) is 19.3. The highest BCUT2D eigenvalue weighted by Crippen LogP contribution is 2.48. The lowest BCUT2D eigenvalue weighted by Gasteiger charge is -2.28. The smallest absolute Gasteiger partial charge is 0.137 e. The Bertz CT molecular complexity index is 2730. The molecule has 0 aliphatic rings. The maximum absolute atomic E-state index is 12.2. The lowest BCUT2D eigenvalue weighted by atomic mass is 9.78. The Morgan fingerprint density at radius 1 is 0.544 bits per heavy atom. The number of phenols is 1. The maximum atomic E-state index is 12.2. The van der Waals surface area contributed by atoms with Crippen molar-refractivity contribution >= 4 is 48.7 Å². The van der Waals surface area contributed by atoms with Crippen molar-refractivity contribution in [1.29, 1.82) is 0 Å². The lowest BCUT2D eigenvalue weighted by molar-refractivity contribution is 0.446. The number of thiophene rings is 1. The fourth-order valence-electron chi connectivity index (χ4n) is 7.53. The van der Waals surface area contributed by atoms with E-state index < -0.39 is 0 Å². The number of pyridine rings is 2.